The summed E-state index contributed by atoms with van der Waals surface area (Å²) in [5.41, 5.74) is 1.94. The van der Waals surface area contributed by atoms with E-state index in [4.69, 9.17) is 25.8 Å². The molecule has 0 aliphatic rings. The third kappa shape index (κ3) is 5.99. The zero-order chi connectivity index (χ0) is 22.2. The second-order valence-corrected chi connectivity index (χ2v) is 7.05. The number of methoxy groups -OCH3 is 2. The summed E-state index contributed by atoms with van der Waals surface area (Å²) >= 11 is 5.86. The maximum atomic E-state index is 12.5. The van der Waals surface area contributed by atoms with Crippen molar-refractivity contribution in [2.45, 2.75) is 6.54 Å². The van der Waals surface area contributed by atoms with Gasteiger partial charge in [-0.25, -0.2) is 0 Å². The van der Waals surface area contributed by atoms with Gasteiger partial charge in [0.05, 0.1) is 14.2 Å². The van der Waals surface area contributed by atoms with Crippen LogP contribution in [0.15, 0.2) is 66.7 Å². The van der Waals surface area contributed by atoms with Crippen molar-refractivity contribution in [1.82, 2.24) is 5.32 Å². The molecule has 0 heterocycles. The number of ketones is 1. The number of carbonyl (C=O) groups is 2. The Labute approximate surface area is 185 Å². The topological polar surface area (TPSA) is 73.9 Å². The Kier molecular flexibility index (Phi) is 7.51. The van der Waals surface area contributed by atoms with Crippen molar-refractivity contribution in [2.75, 3.05) is 20.8 Å². The molecular formula is C24H22ClNO5. The van der Waals surface area contributed by atoms with Gasteiger partial charge in [0, 0.05) is 22.7 Å². The first-order valence-corrected chi connectivity index (χ1v) is 9.88. The average Bonchev–Trinajstić information content (AvgIpc) is 2.81. The minimum atomic E-state index is -0.267. The van der Waals surface area contributed by atoms with E-state index in [9.17, 15) is 9.59 Å². The van der Waals surface area contributed by atoms with Crippen LogP contribution in [0.2, 0.25) is 5.02 Å². The van der Waals surface area contributed by atoms with Crippen molar-refractivity contribution in [3.8, 4) is 17.2 Å². The molecule has 3 aromatic carbocycles. The Morgan fingerprint density at radius 1 is 0.839 bits per heavy atom. The van der Waals surface area contributed by atoms with Crippen LogP contribution in [0.5, 0.6) is 17.2 Å². The lowest BCUT2D eigenvalue weighted by molar-refractivity contribution is -0.123. The van der Waals surface area contributed by atoms with Gasteiger partial charge in [-0.3, -0.25) is 9.59 Å². The summed E-state index contributed by atoms with van der Waals surface area (Å²) < 4.78 is 16.0. The summed E-state index contributed by atoms with van der Waals surface area (Å²) in [5, 5.41) is 3.36. The van der Waals surface area contributed by atoms with E-state index < -0.39 is 0 Å². The predicted octanol–water partition coefficient (Wildman–Crippen LogP) is 4.28. The third-order valence-corrected chi connectivity index (χ3v) is 4.78. The van der Waals surface area contributed by atoms with Gasteiger partial charge >= 0.3 is 0 Å². The molecule has 7 heteroatoms. The van der Waals surface area contributed by atoms with Gasteiger partial charge in [0.25, 0.3) is 5.91 Å². The standard InChI is InChI=1S/C24H22ClNO5/c1-29-21-12-3-16(13-22(21)30-2)14-26-23(27)15-31-20-10-6-18(7-11-20)24(28)17-4-8-19(25)9-5-17/h3-13H,14-15H2,1-2H3,(H,26,27). The van der Waals surface area contributed by atoms with Gasteiger partial charge in [0.2, 0.25) is 0 Å². The molecular weight excluding hydrogens is 418 g/mol. The molecule has 0 aromatic heterocycles. The number of hydrogen-bond acceptors (Lipinski definition) is 5. The van der Waals surface area contributed by atoms with Crippen molar-refractivity contribution in [1.29, 1.82) is 0 Å². The van der Waals surface area contributed by atoms with Gasteiger partial charge < -0.3 is 19.5 Å². The molecule has 0 unspecified atom stereocenters. The lowest BCUT2D eigenvalue weighted by atomic mass is 10.0. The van der Waals surface area contributed by atoms with E-state index in [1.165, 1.54) is 0 Å². The molecule has 0 radical (unpaired) electrons. The lowest BCUT2D eigenvalue weighted by Crippen LogP contribution is -2.28. The largest absolute Gasteiger partial charge is 0.493 e. The van der Waals surface area contributed by atoms with Gasteiger partial charge in [-0.1, -0.05) is 17.7 Å². The van der Waals surface area contributed by atoms with Crippen LogP contribution in [0.3, 0.4) is 0 Å². The van der Waals surface area contributed by atoms with Crippen LogP contribution >= 0.6 is 11.6 Å². The van der Waals surface area contributed by atoms with Crippen LogP contribution < -0.4 is 19.5 Å². The fourth-order valence-electron chi connectivity index (χ4n) is 2.86. The van der Waals surface area contributed by atoms with Crippen LogP contribution in [0.4, 0.5) is 0 Å². The molecule has 0 saturated carbocycles. The number of ether oxygens (including phenoxy) is 3. The Bertz CT molecular complexity index is 1050. The molecule has 3 aromatic rings. The summed E-state index contributed by atoms with van der Waals surface area (Å²) in [6.07, 6.45) is 0. The minimum Gasteiger partial charge on any atom is -0.493 e. The van der Waals surface area contributed by atoms with E-state index in [2.05, 4.69) is 5.32 Å². The van der Waals surface area contributed by atoms with E-state index >= 15 is 0 Å². The van der Waals surface area contributed by atoms with Crippen LogP contribution in [-0.4, -0.2) is 32.5 Å². The average molecular weight is 440 g/mol. The van der Waals surface area contributed by atoms with Crippen LogP contribution in [0, 0.1) is 0 Å². The van der Waals surface area contributed by atoms with Crippen molar-refractivity contribution in [2.24, 2.45) is 0 Å². The molecule has 1 N–H and O–H groups in total. The van der Waals surface area contributed by atoms with Crippen LogP contribution in [-0.2, 0) is 11.3 Å². The third-order valence-electron chi connectivity index (χ3n) is 4.53. The monoisotopic (exact) mass is 439 g/mol. The van der Waals surface area contributed by atoms with E-state index in [1.807, 2.05) is 6.07 Å². The molecule has 0 saturated heterocycles. The van der Waals surface area contributed by atoms with Gasteiger partial charge in [-0.2, -0.15) is 0 Å². The first-order chi connectivity index (χ1) is 15.0. The van der Waals surface area contributed by atoms with Crippen molar-refractivity contribution in [3.63, 3.8) is 0 Å². The molecule has 0 spiro atoms. The highest BCUT2D eigenvalue weighted by molar-refractivity contribution is 6.30. The van der Waals surface area contributed by atoms with Gasteiger partial charge in [0.15, 0.2) is 23.9 Å². The Hall–Kier alpha value is -3.51. The zero-order valence-electron chi connectivity index (χ0n) is 17.2. The van der Waals surface area contributed by atoms with E-state index in [-0.39, 0.29) is 18.3 Å². The predicted molar refractivity (Wildman–Crippen MR) is 118 cm³/mol. The molecule has 6 nitrogen and oxygen atoms in total. The normalized spacial score (nSPS) is 10.3. The molecule has 3 rings (SSSR count). The minimum absolute atomic E-state index is 0.115. The molecule has 0 fully saturated rings. The number of nitrogens with one attached hydrogen (secondary N) is 1. The molecule has 31 heavy (non-hydrogen) atoms. The first kappa shape index (κ1) is 22.2. The summed E-state index contributed by atoms with van der Waals surface area (Å²) in [6, 6.07) is 18.8. The highest BCUT2D eigenvalue weighted by atomic mass is 35.5. The highest BCUT2D eigenvalue weighted by Crippen LogP contribution is 2.27. The molecule has 0 atom stereocenters. The maximum Gasteiger partial charge on any atom is 0.258 e. The van der Waals surface area contributed by atoms with Crippen molar-refractivity contribution < 1.29 is 23.8 Å². The van der Waals surface area contributed by atoms with Crippen LogP contribution in [0.25, 0.3) is 0 Å². The second kappa shape index (κ2) is 10.5. The molecule has 0 aliphatic carbocycles. The summed E-state index contributed by atoms with van der Waals surface area (Å²) in [7, 11) is 3.12. The maximum absolute atomic E-state index is 12.5. The summed E-state index contributed by atoms with van der Waals surface area (Å²) in [4.78, 5) is 24.6. The highest BCUT2D eigenvalue weighted by Gasteiger charge is 2.10. The Morgan fingerprint density at radius 3 is 2.06 bits per heavy atom. The summed E-state index contributed by atoms with van der Waals surface area (Å²) in [5.74, 6) is 1.33. The van der Waals surface area contributed by atoms with Gasteiger partial charge in [-0.05, 0) is 66.2 Å². The molecule has 0 bridgehead atoms. The number of benzene rings is 3. The Morgan fingerprint density at radius 2 is 1.45 bits per heavy atom. The number of halogens is 1. The SMILES string of the molecule is COc1ccc(CNC(=O)COc2ccc(C(=O)c3ccc(Cl)cc3)cc2)cc1OC. The quantitative estimate of drug-likeness (QED) is 0.504. The van der Waals surface area contributed by atoms with Crippen LogP contribution in [0.1, 0.15) is 21.5 Å². The van der Waals surface area contributed by atoms with Crippen molar-refractivity contribution in [3.05, 3.63) is 88.4 Å². The molecule has 1 amide bonds. The first-order valence-electron chi connectivity index (χ1n) is 9.51. The number of hydrogen-bond donors (Lipinski definition) is 1. The fraction of sp³-hybridized carbons (Fsp3) is 0.167. The fourth-order valence-corrected chi connectivity index (χ4v) is 2.99. The van der Waals surface area contributed by atoms with Gasteiger partial charge in [-0.15, -0.1) is 0 Å². The van der Waals surface area contributed by atoms with Crippen molar-refractivity contribution >= 4 is 23.3 Å². The van der Waals surface area contributed by atoms with E-state index in [1.54, 1.807) is 74.9 Å². The second-order valence-electron chi connectivity index (χ2n) is 6.62. The Balaban J connectivity index is 1.50. The summed E-state index contributed by atoms with van der Waals surface area (Å²) in [6.45, 7) is 0.189. The van der Waals surface area contributed by atoms with Gasteiger partial charge in [0.1, 0.15) is 5.75 Å². The van der Waals surface area contributed by atoms with E-state index in [0.717, 1.165) is 5.56 Å². The smallest absolute Gasteiger partial charge is 0.258 e. The van der Waals surface area contributed by atoms with E-state index in [0.29, 0.717) is 39.9 Å². The number of rotatable bonds is 9. The lowest BCUT2D eigenvalue weighted by Gasteiger charge is -2.11. The zero-order valence-corrected chi connectivity index (χ0v) is 17.9. The molecule has 160 valence electrons. The number of carbonyl (C=O) groups excluding carboxylic acids is 2. The number of amides is 1. The molecule has 0 aliphatic heterocycles.